The molecule has 0 spiro atoms. The normalized spacial score (nSPS) is 17.2. The number of aliphatic hydroxyl groups excluding tert-OH is 1. The van der Waals surface area contributed by atoms with E-state index >= 15 is 0 Å². The highest BCUT2D eigenvalue weighted by molar-refractivity contribution is 6.46. The van der Waals surface area contributed by atoms with Crippen LogP contribution in [0.4, 0.5) is 0 Å². The van der Waals surface area contributed by atoms with Gasteiger partial charge in [0.25, 0.3) is 11.7 Å². The molecule has 8 nitrogen and oxygen atoms in total. The fourth-order valence-corrected chi connectivity index (χ4v) is 4.18. The van der Waals surface area contributed by atoms with Gasteiger partial charge >= 0.3 is 0 Å². The minimum atomic E-state index is -0.819. The van der Waals surface area contributed by atoms with Crippen molar-refractivity contribution >= 4 is 17.4 Å². The number of Topliss-reactive ketones (excluding diaryl/α,β-unsaturated/α-hetero) is 1. The second-order valence-corrected chi connectivity index (χ2v) is 9.02. The van der Waals surface area contributed by atoms with Crippen molar-refractivity contribution in [2.75, 3.05) is 40.4 Å². The van der Waals surface area contributed by atoms with Crippen molar-refractivity contribution in [1.82, 2.24) is 9.80 Å². The lowest BCUT2D eigenvalue weighted by Gasteiger charge is -2.28. The van der Waals surface area contributed by atoms with Crippen LogP contribution in [-0.4, -0.2) is 73.1 Å². The molecule has 2 aromatic rings. The van der Waals surface area contributed by atoms with Gasteiger partial charge in [-0.25, -0.2) is 0 Å². The molecular formula is C28H36N2O6. The molecule has 36 heavy (non-hydrogen) atoms. The van der Waals surface area contributed by atoms with Crippen LogP contribution in [0.25, 0.3) is 5.76 Å². The molecule has 1 saturated heterocycles. The second kappa shape index (κ2) is 11.9. The first-order valence-electron chi connectivity index (χ1n) is 12.3. The van der Waals surface area contributed by atoms with Gasteiger partial charge in [0.1, 0.15) is 23.0 Å². The first kappa shape index (κ1) is 27.1. The van der Waals surface area contributed by atoms with Crippen LogP contribution < -0.4 is 14.2 Å². The molecule has 1 fully saturated rings. The first-order valence-corrected chi connectivity index (χ1v) is 12.3. The van der Waals surface area contributed by atoms with E-state index in [2.05, 4.69) is 0 Å². The predicted octanol–water partition coefficient (Wildman–Crippen LogP) is 4.25. The summed E-state index contributed by atoms with van der Waals surface area (Å²) in [5.41, 5.74) is 0.955. The summed E-state index contributed by atoms with van der Waals surface area (Å²) in [6.07, 6.45) is -0.120. The van der Waals surface area contributed by atoms with Crippen molar-refractivity contribution in [1.29, 1.82) is 0 Å². The summed E-state index contributed by atoms with van der Waals surface area (Å²) in [4.78, 5) is 30.1. The number of ether oxygens (including phenoxy) is 3. The zero-order valence-corrected chi connectivity index (χ0v) is 21.9. The standard InChI is InChI=1S/C28H36N2O6/c1-7-34-19-13-14-21(23(17-19)35-8-2)26(31)24-25(20-11-9-10-12-22(20)36-18(3)4)30(16-15-29(5)6)28(33)27(24)32/h9-14,17-18,25,31H,7-8,15-16H2,1-6H3/b26-24+. The summed E-state index contributed by atoms with van der Waals surface area (Å²) in [6.45, 7) is 9.20. The Morgan fingerprint density at radius 2 is 1.72 bits per heavy atom. The summed E-state index contributed by atoms with van der Waals surface area (Å²) in [7, 11) is 3.80. The highest BCUT2D eigenvalue weighted by Gasteiger charge is 2.47. The average molecular weight is 497 g/mol. The van der Waals surface area contributed by atoms with Crippen LogP contribution >= 0.6 is 0 Å². The minimum absolute atomic E-state index is 0.00340. The van der Waals surface area contributed by atoms with E-state index in [1.807, 2.05) is 71.0 Å². The number of benzene rings is 2. The number of likely N-dealkylation sites (tertiary alicyclic amines) is 1. The third-order valence-electron chi connectivity index (χ3n) is 5.72. The number of amides is 1. The molecule has 1 unspecified atom stereocenters. The summed E-state index contributed by atoms with van der Waals surface area (Å²) < 4.78 is 17.4. The lowest BCUT2D eigenvalue weighted by atomic mass is 9.94. The van der Waals surface area contributed by atoms with Crippen molar-refractivity contribution in [3.05, 3.63) is 59.2 Å². The summed E-state index contributed by atoms with van der Waals surface area (Å²) in [5.74, 6) is -0.200. The van der Waals surface area contributed by atoms with Crippen molar-refractivity contribution < 1.29 is 28.9 Å². The Hall–Kier alpha value is -3.52. The second-order valence-electron chi connectivity index (χ2n) is 9.02. The third-order valence-corrected chi connectivity index (χ3v) is 5.72. The zero-order valence-electron chi connectivity index (χ0n) is 21.9. The van der Waals surface area contributed by atoms with Crippen LogP contribution in [0.3, 0.4) is 0 Å². The Balaban J connectivity index is 2.23. The van der Waals surface area contributed by atoms with Crippen LogP contribution in [0.15, 0.2) is 48.0 Å². The number of rotatable bonds is 11. The minimum Gasteiger partial charge on any atom is -0.507 e. The number of aliphatic hydroxyl groups is 1. The molecule has 1 aliphatic rings. The van der Waals surface area contributed by atoms with E-state index in [-0.39, 0.29) is 17.4 Å². The van der Waals surface area contributed by atoms with Crippen LogP contribution in [-0.2, 0) is 9.59 Å². The smallest absolute Gasteiger partial charge is 0.295 e. The molecule has 2 aromatic carbocycles. The Morgan fingerprint density at radius 1 is 1.03 bits per heavy atom. The van der Waals surface area contributed by atoms with Crippen LogP contribution in [0, 0.1) is 0 Å². The van der Waals surface area contributed by atoms with Gasteiger partial charge in [0.05, 0.1) is 36.5 Å². The molecule has 0 radical (unpaired) electrons. The maximum atomic E-state index is 13.4. The van der Waals surface area contributed by atoms with Crippen LogP contribution in [0.5, 0.6) is 17.2 Å². The van der Waals surface area contributed by atoms with E-state index in [0.717, 1.165) is 0 Å². The first-order chi connectivity index (χ1) is 17.2. The quantitative estimate of drug-likeness (QED) is 0.283. The molecule has 1 amide bonds. The van der Waals surface area contributed by atoms with Crippen LogP contribution in [0.1, 0.15) is 44.9 Å². The molecule has 0 saturated carbocycles. The number of carbonyl (C=O) groups excluding carboxylic acids is 2. The number of ketones is 1. The SMILES string of the molecule is CCOc1ccc(/C(O)=C2\C(=O)C(=O)N(CCN(C)C)C2c2ccccc2OC(C)C)c(OCC)c1. The van der Waals surface area contributed by atoms with Crippen molar-refractivity contribution in [2.24, 2.45) is 0 Å². The molecule has 0 bridgehead atoms. The molecule has 1 aliphatic heterocycles. The third kappa shape index (κ3) is 5.82. The number of nitrogens with zero attached hydrogens (tertiary/aromatic N) is 2. The maximum Gasteiger partial charge on any atom is 0.295 e. The van der Waals surface area contributed by atoms with E-state index in [9.17, 15) is 14.7 Å². The summed E-state index contributed by atoms with van der Waals surface area (Å²) >= 11 is 0. The predicted molar refractivity (Wildman–Crippen MR) is 139 cm³/mol. The van der Waals surface area contributed by atoms with Crippen molar-refractivity contribution in [3.8, 4) is 17.2 Å². The van der Waals surface area contributed by atoms with Gasteiger partial charge in [-0.3, -0.25) is 9.59 Å². The molecule has 8 heteroatoms. The monoisotopic (exact) mass is 496 g/mol. The molecule has 1 atom stereocenters. The van der Waals surface area contributed by atoms with Gasteiger partial charge in [0.2, 0.25) is 0 Å². The molecule has 3 rings (SSSR count). The van der Waals surface area contributed by atoms with E-state index in [1.54, 1.807) is 18.2 Å². The number of carbonyl (C=O) groups is 2. The van der Waals surface area contributed by atoms with E-state index in [0.29, 0.717) is 54.7 Å². The molecule has 1 heterocycles. The van der Waals surface area contributed by atoms with Crippen LogP contribution in [0.2, 0.25) is 0 Å². The van der Waals surface area contributed by atoms with Gasteiger partial charge in [-0.2, -0.15) is 0 Å². The van der Waals surface area contributed by atoms with Gasteiger partial charge in [0.15, 0.2) is 0 Å². The molecule has 0 aliphatic carbocycles. The topological polar surface area (TPSA) is 88.5 Å². The van der Waals surface area contributed by atoms with E-state index < -0.39 is 17.7 Å². The molecule has 194 valence electrons. The number of hydrogen-bond acceptors (Lipinski definition) is 7. The lowest BCUT2D eigenvalue weighted by Crippen LogP contribution is -2.35. The average Bonchev–Trinajstić information content (AvgIpc) is 3.07. The lowest BCUT2D eigenvalue weighted by molar-refractivity contribution is -0.140. The molecular weight excluding hydrogens is 460 g/mol. The number of hydrogen-bond donors (Lipinski definition) is 1. The van der Waals surface area contributed by atoms with Gasteiger partial charge < -0.3 is 29.1 Å². The van der Waals surface area contributed by atoms with Gasteiger partial charge in [0, 0.05) is 24.7 Å². The maximum absolute atomic E-state index is 13.4. The van der Waals surface area contributed by atoms with Crippen molar-refractivity contribution in [2.45, 2.75) is 39.8 Å². The highest BCUT2D eigenvalue weighted by atomic mass is 16.5. The fourth-order valence-electron chi connectivity index (χ4n) is 4.18. The van der Waals surface area contributed by atoms with Gasteiger partial charge in [-0.15, -0.1) is 0 Å². The van der Waals surface area contributed by atoms with E-state index in [4.69, 9.17) is 14.2 Å². The summed E-state index contributed by atoms with van der Waals surface area (Å²) in [5, 5.41) is 11.5. The highest BCUT2D eigenvalue weighted by Crippen LogP contribution is 2.44. The molecule has 0 aromatic heterocycles. The van der Waals surface area contributed by atoms with E-state index in [1.165, 1.54) is 4.90 Å². The molecule has 1 N–H and O–H groups in total. The van der Waals surface area contributed by atoms with Gasteiger partial charge in [-0.05, 0) is 60.0 Å². The largest absolute Gasteiger partial charge is 0.507 e. The Labute approximate surface area is 213 Å². The Kier molecular flexibility index (Phi) is 8.98. The van der Waals surface area contributed by atoms with Gasteiger partial charge in [-0.1, -0.05) is 18.2 Å². The number of likely N-dealkylation sites (N-methyl/N-ethyl adjacent to an activating group) is 1. The fraction of sp³-hybridized carbons (Fsp3) is 0.429. The summed E-state index contributed by atoms with van der Waals surface area (Å²) in [6, 6.07) is 11.5. The number of para-hydroxylation sites is 1. The Bertz CT molecular complexity index is 1120. The Morgan fingerprint density at radius 3 is 2.36 bits per heavy atom. The van der Waals surface area contributed by atoms with Crippen molar-refractivity contribution in [3.63, 3.8) is 0 Å². The zero-order chi connectivity index (χ0) is 26.4.